The summed E-state index contributed by atoms with van der Waals surface area (Å²) < 4.78 is 20.5. The van der Waals surface area contributed by atoms with E-state index in [9.17, 15) is 14.5 Å². The summed E-state index contributed by atoms with van der Waals surface area (Å²) in [6.07, 6.45) is -0.113. The normalized spacial score (nSPS) is 15.3. The monoisotopic (exact) mass is 465 g/mol. The van der Waals surface area contributed by atoms with Gasteiger partial charge in [-0.05, 0) is 56.9 Å². The fraction of sp³-hybridized carbons (Fsp3) is 0.296. The fourth-order valence-corrected chi connectivity index (χ4v) is 5.78. The van der Waals surface area contributed by atoms with Crippen molar-refractivity contribution in [2.24, 2.45) is 0 Å². The van der Waals surface area contributed by atoms with Gasteiger partial charge in [-0.1, -0.05) is 78.9 Å². The van der Waals surface area contributed by atoms with Gasteiger partial charge >= 0.3 is 0 Å². The molecule has 1 amide bonds. The van der Waals surface area contributed by atoms with Crippen LogP contribution in [0.3, 0.4) is 0 Å². The SMILES string of the molecule is CC(C)(C)NC(=O)C(CCc1ccccc1)OP(=O)(c1ccccc1)C(O)c1ccccc1. The Morgan fingerprint density at radius 2 is 1.42 bits per heavy atom. The molecule has 3 rings (SSSR count). The fourth-order valence-electron chi connectivity index (χ4n) is 3.53. The summed E-state index contributed by atoms with van der Waals surface area (Å²) in [5.74, 6) is -1.75. The number of carbonyl (C=O) groups excluding carboxylic acids is 1. The van der Waals surface area contributed by atoms with Gasteiger partial charge in [-0.15, -0.1) is 0 Å². The molecule has 0 radical (unpaired) electrons. The molecule has 3 aromatic carbocycles. The van der Waals surface area contributed by atoms with Crippen molar-refractivity contribution in [3.05, 3.63) is 102 Å². The zero-order valence-corrected chi connectivity index (χ0v) is 20.2. The van der Waals surface area contributed by atoms with Crippen LogP contribution < -0.4 is 10.6 Å². The number of nitrogens with one attached hydrogen (secondary N) is 1. The van der Waals surface area contributed by atoms with Crippen molar-refractivity contribution in [1.82, 2.24) is 5.32 Å². The Labute approximate surface area is 196 Å². The minimum absolute atomic E-state index is 0.324. The topological polar surface area (TPSA) is 75.6 Å². The van der Waals surface area contributed by atoms with Crippen LogP contribution in [-0.4, -0.2) is 22.7 Å². The van der Waals surface area contributed by atoms with Gasteiger partial charge in [0.15, 0.2) is 5.85 Å². The molecule has 0 saturated carbocycles. The van der Waals surface area contributed by atoms with Gasteiger partial charge < -0.3 is 14.9 Å². The molecule has 0 aliphatic rings. The number of rotatable bonds is 9. The molecule has 33 heavy (non-hydrogen) atoms. The van der Waals surface area contributed by atoms with Crippen LogP contribution >= 0.6 is 7.37 Å². The van der Waals surface area contributed by atoms with E-state index in [2.05, 4.69) is 5.32 Å². The number of benzene rings is 3. The van der Waals surface area contributed by atoms with Crippen molar-refractivity contribution in [1.29, 1.82) is 0 Å². The number of hydrogen-bond acceptors (Lipinski definition) is 4. The summed E-state index contributed by atoms with van der Waals surface area (Å²) >= 11 is 0. The molecule has 3 aromatic rings. The van der Waals surface area contributed by atoms with Crippen LogP contribution in [0, 0.1) is 0 Å². The molecule has 6 heteroatoms. The predicted octanol–water partition coefficient (Wildman–Crippen LogP) is 5.21. The van der Waals surface area contributed by atoms with Crippen molar-refractivity contribution < 1.29 is 19.0 Å². The molecule has 3 atom stereocenters. The molecule has 0 bridgehead atoms. The van der Waals surface area contributed by atoms with E-state index in [4.69, 9.17) is 4.52 Å². The number of hydrogen-bond donors (Lipinski definition) is 2. The first-order chi connectivity index (χ1) is 15.7. The molecule has 2 N–H and O–H groups in total. The van der Waals surface area contributed by atoms with Crippen molar-refractivity contribution in [2.45, 2.75) is 51.1 Å². The molecular formula is C27H32NO4P. The second-order valence-corrected chi connectivity index (χ2v) is 11.5. The maximum Gasteiger partial charge on any atom is 0.264 e. The van der Waals surface area contributed by atoms with E-state index in [-0.39, 0.29) is 5.91 Å². The average molecular weight is 466 g/mol. The van der Waals surface area contributed by atoms with Crippen molar-refractivity contribution in [3.63, 3.8) is 0 Å². The lowest BCUT2D eigenvalue weighted by atomic mass is 10.0. The zero-order chi connectivity index (χ0) is 23.9. The number of aliphatic hydroxyl groups excluding tert-OH is 1. The predicted molar refractivity (Wildman–Crippen MR) is 133 cm³/mol. The van der Waals surface area contributed by atoms with Gasteiger partial charge in [-0.25, -0.2) is 0 Å². The Bertz CT molecular complexity index is 1070. The molecule has 5 nitrogen and oxygen atoms in total. The van der Waals surface area contributed by atoms with Crippen LogP contribution in [0.5, 0.6) is 0 Å². The largest absolute Gasteiger partial charge is 0.378 e. The highest BCUT2D eigenvalue weighted by Gasteiger charge is 2.40. The molecule has 0 heterocycles. The van der Waals surface area contributed by atoms with Gasteiger partial charge in [0.05, 0.1) is 0 Å². The standard InChI is InChI=1S/C27H32NO4P/c1-27(2,3)28-25(29)24(20-19-21-13-7-4-8-14-21)32-33(31,23-17-11-6-12-18-23)26(30)22-15-9-5-10-16-22/h4-18,24,26,30H,19-20H2,1-3H3,(H,28,29). The van der Waals surface area contributed by atoms with Crippen LogP contribution in [0.15, 0.2) is 91.0 Å². The van der Waals surface area contributed by atoms with Gasteiger partial charge in [-0.2, -0.15) is 0 Å². The van der Waals surface area contributed by atoms with Crippen LogP contribution in [0.25, 0.3) is 0 Å². The van der Waals surface area contributed by atoms with E-state index in [1.165, 1.54) is 0 Å². The Morgan fingerprint density at radius 1 is 0.909 bits per heavy atom. The zero-order valence-electron chi connectivity index (χ0n) is 19.3. The summed E-state index contributed by atoms with van der Waals surface area (Å²) in [5, 5.41) is 14.5. The van der Waals surface area contributed by atoms with E-state index in [1.807, 2.05) is 63.2 Å². The molecule has 3 unspecified atom stereocenters. The van der Waals surface area contributed by atoms with E-state index in [0.717, 1.165) is 5.56 Å². The molecule has 0 saturated heterocycles. The average Bonchev–Trinajstić information content (AvgIpc) is 2.81. The van der Waals surface area contributed by atoms with Gasteiger partial charge in [0.25, 0.3) is 7.37 Å². The third kappa shape index (κ3) is 6.88. The van der Waals surface area contributed by atoms with Gasteiger partial charge in [-0.3, -0.25) is 9.36 Å². The Hall–Kier alpha value is -2.72. The highest BCUT2D eigenvalue weighted by Crippen LogP contribution is 2.58. The van der Waals surface area contributed by atoms with Crippen LogP contribution in [0.4, 0.5) is 0 Å². The summed E-state index contributed by atoms with van der Waals surface area (Å²) in [4.78, 5) is 13.2. The molecule has 0 aliphatic carbocycles. The van der Waals surface area contributed by atoms with Gasteiger partial charge in [0.2, 0.25) is 5.91 Å². The Balaban J connectivity index is 1.96. The second-order valence-electron chi connectivity index (χ2n) is 9.07. The smallest absolute Gasteiger partial charge is 0.264 e. The first-order valence-electron chi connectivity index (χ1n) is 11.1. The quantitative estimate of drug-likeness (QED) is 0.425. The lowest BCUT2D eigenvalue weighted by molar-refractivity contribution is -0.129. The van der Waals surface area contributed by atoms with Crippen LogP contribution in [0.2, 0.25) is 0 Å². The second kappa shape index (κ2) is 10.9. The van der Waals surface area contributed by atoms with Crippen molar-refractivity contribution in [2.75, 3.05) is 0 Å². The lowest BCUT2D eigenvalue weighted by Gasteiger charge is -2.30. The summed E-state index contributed by atoms with van der Waals surface area (Å²) in [6, 6.07) is 27.2. The van der Waals surface area contributed by atoms with E-state index >= 15 is 0 Å². The third-order valence-corrected chi connectivity index (χ3v) is 7.68. The summed E-state index contributed by atoms with van der Waals surface area (Å²) in [5.41, 5.74) is 1.04. The Kier molecular flexibility index (Phi) is 8.25. The highest BCUT2D eigenvalue weighted by molar-refractivity contribution is 7.67. The number of carbonyl (C=O) groups is 1. The van der Waals surface area contributed by atoms with E-state index in [1.54, 1.807) is 48.5 Å². The maximum atomic E-state index is 14.4. The first kappa shape index (κ1) is 24.9. The molecule has 0 aliphatic heterocycles. The lowest BCUT2D eigenvalue weighted by Crippen LogP contribution is -2.47. The van der Waals surface area contributed by atoms with Crippen LogP contribution in [0.1, 0.15) is 44.2 Å². The molecule has 0 aromatic heterocycles. The van der Waals surface area contributed by atoms with Crippen molar-refractivity contribution >= 4 is 18.6 Å². The molecule has 174 valence electrons. The highest BCUT2D eigenvalue weighted by atomic mass is 31.2. The maximum absolute atomic E-state index is 14.4. The minimum atomic E-state index is -3.89. The number of aryl methyl sites for hydroxylation is 1. The molecular weight excluding hydrogens is 433 g/mol. The van der Waals surface area contributed by atoms with E-state index in [0.29, 0.717) is 23.7 Å². The number of aliphatic hydroxyl groups is 1. The Morgan fingerprint density at radius 3 is 1.97 bits per heavy atom. The van der Waals surface area contributed by atoms with Crippen molar-refractivity contribution in [3.8, 4) is 0 Å². The first-order valence-corrected chi connectivity index (χ1v) is 12.8. The summed E-state index contributed by atoms with van der Waals surface area (Å²) in [7, 11) is -3.89. The van der Waals surface area contributed by atoms with Gasteiger partial charge in [0.1, 0.15) is 6.10 Å². The van der Waals surface area contributed by atoms with E-state index < -0.39 is 24.9 Å². The minimum Gasteiger partial charge on any atom is -0.378 e. The molecule has 0 fully saturated rings. The third-order valence-electron chi connectivity index (χ3n) is 5.15. The molecule has 0 spiro atoms. The number of amides is 1. The van der Waals surface area contributed by atoms with Gasteiger partial charge in [0, 0.05) is 10.8 Å². The summed E-state index contributed by atoms with van der Waals surface area (Å²) in [6.45, 7) is 5.65. The van der Waals surface area contributed by atoms with Crippen LogP contribution in [-0.2, 0) is 20.3 Å².